The van der Waals surface area contributed by atoms with E-state index < -0.39 is 5.92 Å². The number of rotatable bonds is 8. The molecule has 6 heteroatoms. The third-order valence-corrected chi connectivity index (χ3v) is 4.17. The summed E-state index contributed by atoms with van der Waals surface area (Å²) < 4.78 is 12.9. The zero-order chi connectivity index (χ0) is 18.9. The average molecular weight is 357 g/mol. The normalized spacial score (nSPS) is 11.7. The second kappa shape index (κ2) is 9.68. The Morgan fingerprint density at radius 1 is 1.12 bits per heavy atom. The lowest BCUT2D eigenvalue weighted by atomic mass is 9.97. The molecule has 0 aliphatic carbocycles. The third-order valence-electron chi connectivity index (χ3n) is 4.17. The lowest BCUT2D eigenvalue weighted by molar-refractivity contribution is -0.137. The maximum atomic E-state index is 12.9. The molecule has 0 radical (unpaired) electrons. The highest BCUT2D eigenvalue weighted by atomic mass is 19.1. The van der Waals surface area contributed by atoms with Crippen LogP contribution < -0.4 is 11.1 Å². The van der Waals surface area contributed by atoms with Gasteiger partial charge in [0.2, 0.25) is 11.8 Å². The number of nitrogens with zero attached hydrogens (tertiary/aromatic N) is 1. The quantitative estimate of drug-likeness (QED) is 0.759. The predicted octanol–water partition coefficient (Wildman–Crippen LogP) is 2.03. The number of amides is 2. The number of carbonyl (C=O) groups excluding carboxylic acids is 2. The maximum absolute atomic E-state index is 12.9. The van der Waals surface area contributed by atoms with E-state index in [1.807, 2.05) is 37.3 Å². The van der Waals surface area contributed by atoms with E-state index in [4.69, 9.17) is 5.73 Å². The molecule has 2 aromatic carbocycles. The van der Waals surface area contributed by atoms with Gasteiger partial charge in [0.1, 0.15) is 5.82 Å². The molecule has 26 heavy (non-hydrogen) atoms. The molecule has 1 unspecified atom stereocenters. The molecule has 2 rings (SSSR count). The van der Waals surface area contributed by atoms with E-state index in [-0.39, 0.29) is 37.3 Å². The highest BCUT2D eigenvalue weighted by Gasteiger charge is 2.25. The van der Waals surface area contributed by atoms with Crippen LogP contribution in [0, 0.1) is 5.82 Å². The Labute approximate surface area is 153 Å². The molecule has 5 nitrogen and oxygen atoms in total. The van der Waals surface area contributed by atoms with Crippen molar-refractivity contribution in [2.45, 2.75) is 19.4 Å². The highest BCUT2D eigenvalue weighted by Crippen LogP contribution is 2.17. The van der Waals surface area contributed by atoms with Crippen LogP contribution in [0.25, 0.3) is 0 Å². The lowest BCUT2D eigenvalue weighted by Crippen LogP contribution is -2.43. The van der Waals surface area contributed by atoms with Crippen LogP contribution in [-0.2, 0) is 16.1 Å². The monoisotopic (exact) mass is 357 g/mol. The topological polar surface area (TPSA) is 75.4 Å². The number of nitrogens with one attached hydrogen (secondary N) is 1. The van der Waals surface area contributed by atoms with Gasteiger partial charge in [-0.25, -0.2) is 4.39 Å². The van der Waals surface area contributed by atoms with Crippen molar-refractivity contribution in [1.82, 2.24) is 10.2 Å². The molecule has 3 N–H and O–H groups in total. The van der Waals surface area contributed by atoms with Gasteiger partial charge in [0.05, 0.1) is 12.5 Å². The zero-order valence-corrected chi connectivity index (χ0v) is 14.8. The summed E-state index contributed by atoms with van der Waals surface area (Å²) in [6.45, 7) is 2.65. The molecule has 0 aromatic heterocycles. The number of nitrogens with two attached hydrogens (primary N) is 1. The van der Waals surface area contributed by atoms with Gasteiger partial charge in [-0.15, -0.1) is 0 Å². The van der Waals surface area contributed by atoms with Crippen LogP contribution in [0.2, 0.25) is 0 Å². The molecule has 0 saturated carbocycles. The molecule has 0 bridgehead atoms. The van der Waals surface area contributed by atoms with E-state index in [0.29, 0.717) is 6.54 Å². The molecule has 0 fully saturated rings. The van der Waals surface area contributed by atoms with Crippen molar-refractivity contribution in [3.63, 3.8) is 0 Å². The van der Waals surface area contributed by atoms with Gasteiger partial charge in [-0.2, -0.15) is 0 Å². The fourth-order valence-electron chi connectivity index (χ4n) is 2.66. The van der Waals surface area contributed by atoms with E-state index in [2.05, 4.69) is 5.32 Å². The Bertz CT molecular complexity index is 720. The first-order valence-corrected chi connectivity index (χ1v) is 8.60. The summed E-state index contributed by atoms with van der Waals surface area (Å²) in [5.41, 5.74) is 7.43. The van der Waals surface area contributed by atoms with E-state index in [9.17, 15) is 14.0 Å². The minimum absolute atomic E-state index is 0.0418. The molecule has 0 aliphatic rings. The fraction of sp³-hybridized carbons (Fsp3) is 0.300. The first-order valence-electron chi connectivity index (χ1n) is 8.60. The lowest BCUT2D eigenvalue weighted by Gasteiger charge is -2.25. The minimum Gasteiger partial charge on any atom is -0.350 e. The molecule has 0 saturated heterocycles. The maximum Gasteiger partial charge on any atom is 0.239 e. The molecule has 0 aliphatic heterocycles. The minimum atomic E-state index is -0.471. The second-order valence-electron chi connectivity index (χ2n) is 5.95. The van der Waals surface area contributed by atoms with Crippen molar-refractivity contribution in [3.8, 4) is 0 Å². The summed E-state index contributed by atoms with van der Waals surface area (Å²) >= 11 is 0. The Kier molecular flexibility index (Phi) is 7.29. The summed E-state index contributed by atoms with van der Waals surface area (Å²) in [7, 11) is 0. The predicted molar refractivity (Wildman–Crippen MR) is 98.7 cm³/mol. The van der Waals surface area contributed by atoms with Gasteiger partial charge in [-0.3, -0.25) is 9.59 Å². The van der Waals surface area contributed by atoms with Crippen molar-refractivity contribution < 1.29 is 14.0 Å². The zero-order valence-electron chi connectivity index (χ0n) is 14.8. The van der Waals surface area contributed by atoms with Crippen LogP contribution in [0.3, 0.4) is 0 Å². The van der Waals surface area contributed by atoms with E-state index >= 15 is 0 Å². The Morgan fingerprint density at radius 3 is 2.35 bits per heavy atom. The smallest absolute Gasteiger partial charge is 0.239 e. The van der Waals surface area contributed by atoms with Gasteiger partial charge < -0.3 is 16.0 Å². The van der Waals surface area contributed by atoms with Crippen molar-refractivity contribution in [2.24, 2.45) is 5.73 Å². The van der Waals surface area contributed by atoms with Crippen LogP contribution >= 0.6 is 0 Å². The number of likely N-dealkylation sites (N-methyl/N-ethyl adjacent to an activating group) is 1. The van der Waals surface area contributed by atoms with Crippen molar-refractivity contribution in [2.75, 3.05) is 19.6 Å². The summed E-state index contributed by atoms with van der Waals surface area (Å²) in [5, 5.41) is 2.75. The SMILES string of the molecule is CCN(CC(=O)NCc1ccc(F)cc1)C(=O)C(CN)c1ccccc1. The largest absolute Gasteiger partial charge is 0.350 e. The van der Waals surface area contributed by atoms with Gasteiger partial charge in [0, 0.05) is 19.6 Å². The number of hydrogen-bond donors (Lipinski definition) is 2. The van der Waals surface area contributed by atoms with Crippen molar-refractivity contribution in [3.05, 3.63) is 71.5 Å². The van der Waals surface area contributed by atoms with Gasteiger partial charge in [-0.1, -0.05) is 42.5 Å². The van der Waals surface area contributed by atoms with Crippen molar-refractivity contribution in [1.29, 1.82) is 0 Å². The van der Waals surface area contributed by atoms with Gasteiger partial charge >= 0.3 is 0 Å². The average Bonchev–Trinajstić information content (AvgIpc) is 2.67. The standard InChI is InChI=1S/C20H24FN3O2/c1-2-24(20(26)18(12-22)16-6-4-3-5-7-16)14-19(25)23-13-15-8-10-17(21)11-9-15/h3-11,18H,2,12-14,22H2,1H3,(H,23,25). The van der Waals surface area contributed by atoms with Crippen molar-refractivity contribution >= 4 is 11.8 Å². The van der Waals surface area contributed by atoms with Crippen LogP contribution in [0.1, 0.15) is 24.0 Å². The number of halogens is 1. The summed E-state index contributed by atoms with van der Waals surface area (Å²) in [6.07, 6.45) is 0. The first kappa shape index (κ1) is 19.6. The first-order chi connectivity index (χ1) is 12.5. The molecular formula is C20H24FN3O2. The highest BCUT2D eigenvalue weighted by molar-refractivity contribution is 5.88. The molecule has 2 aromatic rings. The van der Waals surface area contributed by atoms with E-state index in [0.717, 1.165) is 11.1 Å². The number of carbonyl (C=O) groups is 2. The molecule has 138 valence electrons. The van der Waals surface area contributed by atoms with Gasteiger partial charge in [-0.05, 0) is 30.2 Å². The Balaban J connectivity index is 1.95. The van der Waals surface area contributed by atoms with Crippen LogP contribution in [0.4, 0.5) is 4.39 Å². The van der Waals surface area contributed by atoms with Crippen LogP contribution in [0.5, 0.6) is 0 Å². The van der Waals surface area contributed by atoms with E-state index in [1.165, 1.54) is 17.0 Å². The molecular weight excluding hydrogens is 333 g/mol. The van der Waals surface area contributed by atoms with E-state index in [1.54, 1.807) is 12.1 Å². The van der Waals surface area contributed by atoms with Gasteiger partial charge in [0.25, 0.3) is 0 Å². The second-order valence-corrected chi connectivity index (χ2v) is 5.95. The molecule has 0 spiro atoms. The third kappa shape index (κ3) is 5.39. The number of benzene rings is 2. The number of hydrogen-bond acceptors (Lipinski definition) is 3. The van der Waals surface area contributed by atoms with Crippen LogP contribution in [0.15, 0.2) is 54.6 Å². The Hall–Kier alpha value is -2.73. The van der Waals surface area contributed by atoms with Gasteiger partial charge in [0.15, 0.2) is 0 Å². The molecule has 0 heterocycles. The van der Waals surface area contributed by atoms with Crippen LogP contribution in [-0.4, -0.2) is 36.3 Å². The fourth-order valence-corrected chi connectivity index (χ4v) is 2.66. The summed E-state index contributed by atoms with van der Waals surface area (Å²) in [6, 6.07) is 15.2. The summed E-state index contributed by atoms with van der Waals surface area (Å²) in [4.78, 5) is 26.5. The summed E-state index contributed by atoms with van der Waals surface area (Å²) in [5.74, 6) is -1.23. The molecule has 2 amide bonds. The Morgan fingerprint density at radius 2 is 1.77 bits per heavy atom. The molecule has 1 atom stereocenters.